The summed E-state index contributed by atoms with van der Waals surface area (Å²) in [4.78, 5) is 17.6. The van der Waals surface area contributed by atoms with Crippen LogP contribution in [0.25, 0.3) is 10.6 Å². The molecule has 1 amide bonds. The van der Waals surface area contributed by atoms with Crippen LogP contribution in [0.2, 0.25) is 0 Å². The molecule has 7 heteroatoms. The van der Waals surface area contributed by atoms with E-state index in [0.717, 1.165) is 12.1 Å². The number of aliphatic hydroxyl groups excluding tert-OH is 1. The van der Waals surface area contributed by atoms with Gasteiger partial charge in [-0.1, -0.05) is 0 Å². The van der Waals surface area contributed by atoms with Crippen molar-refractivity contribution in [2.24, 2.45) is 0 Å². The maximum Gasteiger partial charge on any atom is 0.273 e. The van der Waals surface area contributed by atoms with Gasteiger partial charge in [0.05, 0.1) is 6.10 Å². The lowest BCUT2D eigenvalue weighted by Crippen LogP contribution is -2.53. The van der Waals surface area contributed by atoms with Crippen molar-refractivity contribution in [1.29, 1.82) is 0 Å². The van der Waals surface area contributed by atoms with Gasteiger partial charge in [0.25, 0.3) is 5.91 Å². The van der Waals surface area contributed by atoms with Crippen molar-refractivity contribution in [3.63, 3.8) is 0 Å². The van der Waals surface area contributed by atoms with Gasteiger partial charge in [-0.2, -0.15) is 0 Å². The molecule has 104 valence electrons. The molecule has 1 saturated heterocycles. The van der Waals surface area contributed by atoms with E-state index in [1.807, 2.05) is 0 Å². The Morgan fingerprint density at radius 1 is 1.35 bits per heavy atom. The van der Waals surface area contributed by atoms with Gasteiger partial charge < -0.3 is 10.0 Å². The number of benzene rings is 1. The molecule has 1 fully saturated rings. The first-order valence-corrected chi connectivity index (χ1v) is 6.81. The van der Waals surface area contributed by atoms with Gasteiger partial charge >= 0.3 is 0 Å². The molecule has 0 atom stereocenters. The van der Waals surface area contributed by atoms with Gasteiger partial charge in [-0.15, -0.1) is 11.3 Å². The Bertz CT molecular complexity index is 668. The van der Waals surface area contributed by atoms with E-state index >= 15 is 0 Å². The molecule has 1 aromatic carbocycles. The standard InChI is InChI=1S/C13H10F2N2O2S/c14-9-2-1-7(3-10(9)15)12-16-11(6-20-12)13(19)17-4-8(18)5-17/h1-3,6,8,18H,4-5H2. The number of amides is 1. The van der Waals surface area contributed by atoms with Crippen LogP contribution in [0.3, 0.4) is 0 Å². The van der Waals surface area contributed by atoms with Crippen LogP contribution in [0, 0.1) is 11.6 Å². The fourth-order valence-corrected chi connectivity index (χ4v) is 2.71. The van der Waals surface area contributed by atoms with Gasteiger partial charge in [0, 0.05) is 24.0 Å². The predicted octanol–water partition coefficient (Wildman–Crippen LogP) is 1.90. The smallest absolute Gasteiger partial charge is 0.273 e. The van der Waals surface area contributed by atoms with Crippen LogP contribution in [0.4, 0.5) is 8.78 Å². The molecule has 0 saturated carbocycles. The Kier molecular flexibility index (Phi) is 3.23. The maximum absolute atomic E-state index is 13.2. The highest BCUT2D eigenvalue weighted by molar-refractivity contribution is 7.13. The predicted molar refractivity (Wildman–Crippen MR) is 69.4 cm³/mol. The zero-order valence-corrected chi connectivity index (χ0v) is 11.0. The number of thiazole rings is 1. The molecule has 1 aliphatic heterocycles. The molecule has 0 aliphatic carbocycles. The summed E-state index contributed by atoms with van der Waals surface area (Å²) in [6.07, 6.45) is -0.469. The van der Waals surface area contributed by atoms with Crippen LogP contribution in [0.15, 0.2) is 23.6 Å². The first-order chi connectivity index (χ1) is 9.54. The second-order valence-corrected chi connectivity index (χ2v) is 5.39. The van der Waals surface area contributed by atoms with Gasteiger partial charge in [0.1, 0.15) is 10.7 Å². The summed E-state index contributed by atoms with van der Waals surface area (Å²) in [5.74, 6) is -2.13. The number of carbonyl (C=O) groups is 1. The first kappa shape index (κ1) is 13.1. The fourth-order valence-electron chi connectivity index (χ4n) is 1.92. The van der Waals surface area contributed by atoms with Crippen LogP contribution < -0.4 is 0 Å². The number of rotatable bonds is 2. The molecule has 0 spiro atoms. The van der Waals surface area contributed by atoms with Crippen LogP contribution >= 0.6 is 11.3 Å². The van der Waals surface area contributed by atoms with Crippen molar-refractivity contribution in [1.82, 2.24) is 9.88 Å². The summed E-state index contributed by atoms with van der Waals surface area (Å²) in [7, 11) is 0. The molecular formula is C13H10F2N2O2S. The number of β-amino-alcohol motifs (C(OH)–C–C–N with tert-alkyl or cyclic N) is 1. The molecule has 2 aromatic rings. The molecule has 20 heavy (non-hydrogen) atoms. The summed E-state index contributed by atoms with van der Waals surface area (Å²) < 4.78 is 26.0. The monoisotopic (exact) mass is 296 g/mol. The Morgan fingerprint density at radius 3 is 2.75 bits per heavy atom. The highest BCUT2D eigenvalue weighted by Gasteiger charge is 2.30. The number of halogens is 2. The third-order valence-electron chi connectivity index (χ3n) is 3.04. The van der Waals surface area contributed by atoms with Gasteiger partial charge in [0.2, 0.25) is 0 Å². The summed E-state index contributed by atoms with van der Waals surface area (Å²) >= 11 is 1.19. The van der Waals surface area contributed by atoms with Crippen molar-refractivity contribution >= 4 is 17.2 Å². The van der Waals surface area contributed by atoms with E-state index in [1.54, 1.807) is 5.38 Å². The van der Waals surface area contributed by atoms with E-state index < -0.39 is 17.7 Å². The fraction of sp³-hybridized carbons (Fsp3) is 0.231. The molecular weight excluding hydrogens is 286 g/mol. The molecule has 4 nitrogen and oxygen atoms in total. The molecule has 0 bridgehead atoms. The molecule has 1 N–H and O–H groups in total. The number of aromatic nitrogens is 1. The number of hydrogen-bond acceptors (Lipinski definition) is 4. The number of nitrogens with zero attached hydrogens (tertiary/aromatic N) is 2. The second kappa shape index (κ2) is 4.92. The zero-order valence-electron chi connectivity index (χ0n) is 10.2. The van der Waals surface area contributed by atoms with E-state index in [-0.39, 0.29) is 11.6 Å². The van der Waals surface area contributed by atoms with Crippen LogP contribution in [-0.4, -0.2) is 40.1 Å². The average molecular weight is 296 g/mol. The number of likely N-dealkylation sites (tertiary alicyclic amines) is 1. The summed E-state index contributed by atoms with van der Waals surface area (Å²) in [6.45, 7) is 0.605. The van der Waals surface area contributed by atoms with Crippen LogP contribution in [0.1, 0.15) is 10.5 Å². The summed E-state index contributed by atoms with van der Waals surface area (Å²) in [5.41, 5.74) is 0.679. The summed E-state index contributed by atoms with van der Waals surface area (Å²) in [5, 5.41) is 11.2. The Labute approximate surface area is 117 Å². The number of hydrogen-bond donors (Lipinski definition) is 1. The van der Waals surface area contributed by atoms with Crippen LogP contribution in [-0.2, 0) is 0 Å². The topological polar surface area (TPSA) is 53.4 Å². The molecule has 2 heterocycles. The minimum Gasteiger partial charge on any atom is -0.389 e. The first-order valence-electron chi connectivity index (χ1n) is 5.93. The van der Waals surface area contributed by atoms with Crippen molar-refractivity contribution in [3.05, 3.63) is 40.9 Å². The molecule has 0 radical (unpaired) electrons. The average Bonchev–Trinajstić information content (AvgIpc) is 2.87. The lowest BCUT2D eigenvalue weighted by atomic mass is 10.1. The van der Waals surface area contributed by atoms with E-state index in [0.29, 0.717) is 23.7 Å². The Morgan fingerprint density at radius 2 is 2.10 bits per heavy atom. The second-order valence-electron chi connectivity index (χ2n) is 4.53. The lowest BCUT2D eigenvalue weighted by molar-refractivity contribution is 0.00556. The van der Waals surface area contributed by atoms with E-state index in [2.05, 4.69) is 4.98 Å². The lowest BCUT2D eigenvalue weighted by Gasteiger charge is -2.35. The summed E-state index contributed by atoms with van der Waals surface area (Å²) in [6, 6.07) is 3.49. The highest BCUT2D eigenvalue weighted by atomic mass is 32.1. The largest absolute Gasteiger partial charge is 0.389 e. The molecule has 0 unspecified atom stereocenters. The molecule has 3 rings (SSSR count). The van der Waals surface area contributed by atoms with E-state index in [1.165, 1.54) is 22.3 Å². The van der Waals surface area contributed by atoms with Crippen molar-refractivity contribution in [3.8, 4) is 10.6 Å². The van der Waals surface area contributed by atoms with Gasteiger partial charge in [0.15, 0.2) is 11.6 Å². The van der Waals surface area contributed by atoms with Gasteiger partial charge in [-0.25, -0.2) is 13.8 Å². The highest BCUT2D eigenvalue weighted by Crippen LogP contribution is 2.26. The quantitative estimate of drug-likeness (QED) is 0.921. The van der Waals surface area contributed by atoms with Crippen molar-refractivity contribution in [2.45, 2.75) is 6.10 Å². The number of aliphatic hydroxyl groups is 1. The minimum absolute atomic E-state index is 0.252. The number of carbonyl (C=O) groups excluding carboxylic acids is 1. The minimum atomic E-state index is -0.948. The molecule has 1 aliphatic rings. The van der Waals surface area contributed by atoms with Crippen molar-refractivity contribution in [2.75, 3.05) is 13.1 Å². The van der Waals surface area contributed by atoms with Crippen molar-refractivity contribution < 1.29 is 18.7 Å². The normalized spacial score (nSPS) is 15.2. The Balaban J connectivity index is 1.82. The SMILES string of the molecule is O=C(c1csc(-c2ccc(F)c(F)c2)n1)N1CC(O)C1. The van der Waals surface area contributed by atoms with Crippen LogP contribution in [0.5, 0.6) is 0 Å². The maximum atomic E-state index is 13.2. The van der Waals surface area contributed by atoms with E-state index in [9.17, 15) is 13.6 Å². The van der Waals surface area contributed by atoms with Gasteiger partial charge in [-0.3, -0.25) is 4.79 Å². The Hall–Kier alpha value is -1.86. The third-order valence-corrected chi connectivity index (χ3v) is 3.93. The third kappa shape index (κ3) is 2.30. The molecule has 1 aromatic heterocycles. The van der Waals surface area contributed by atoms with E-state index in [4.69, 9.17) is 5.11 Å². The zero-order chi connectivity index (χ0) is 14.3. The van der Waals surface area contributed by atoms with Gasteiger partial charge in [-0.05, 0) is 18.2 Å².